The van der Waals surface area contributed by atoms with Crippen LogP contribution in [0.15, 0.2) is 24.3 Å². The molecule has 112 valence electrons. The minimum absolute atomic E-state index is 0.292. The normalized spacial score (nSPS) is 11.2. The minimum Gasteiger partial charge on any atom is -0.450 e. The van der Waals surface area contributed by atoms with Gasteiger partial charge in [0.05, 0.1) is 25.1 Å². The number of nitrogens with one attached hydrogen (secondary N) is 1. The number of carbonyl (C=O) groups excluding carboxylic acids is 1. The summed E-state index contributed by atoms with van der Waals surface area (Å²) >= 11 is 0. The molecule has 0 saturated carbocycles. The van der Waals surface area contributed by atoms with E-state index in [9.17, 15) is 9.36 Å². The Bertz CT molecular complexity index is 464. The maximum absolute atomic E-state index is 12.5. The van der Waals surface area contributed by atoms with Gasteiger partial charge in [0, 0.05) is 5.69 Å². The summed E-state index contributed by atoms with van der Waals surface area (Å²) in [5.74, 6) is 0. The first-order valence-electron chi connectivity index (χ1n) is 6.49. The van der Waals surface area contributed by atoms with Crippen LogP contribution < -0.4 is 10.6 Å². The van der Waals surface area contributed by atoms with Gasteiger partial charge in [-0.3, -0.25) is 9.88 Å². The molecule has 20 heavy (non-hydrogen) atoms. The average Bonchev–Trinajstić information content (AvgIpc) is 2.40. The van der Waals surface area contributed by atoms with Crippen molar-refractivity contribution >= 4 is 24.7 Å². The molecular weight excluding hydrogens is 281 g/mol. The van der Waals surface area contributed by atoms with Crippen LogP contribution in [-0.2, 0) is 18.3 Å². The first kappa shape index (κ1) is 16.7. The van der Waals surface area contributed by atoms with Crippen molar-refractivity contribution in [3.63, 3.8) is 0 Å². The minimum atomic E-state index is -3.28. The number of amides is 1. The van der Waals surface area contributed by atoms with Gasteiger partial charge in [0.15, 0.2) is 0 Å². The number of benzene rings is 1. The summed E-state index contributed by atoms with van der Waals surface area (Å²) in [5, 5.41) is 3.01. The fraction of sp³-hybridized carbons (Fsp3) is 0.462. The van der Waals surface area contributed by atoms with Crippen LogP contribution in [0.3, 0.4) is 0 Å². The van der Waals surface area contributed by atoms with Gasteiger partial charge < -0.3 is 13.8 Å². The third-order valence-corrected chi connectivity index (χ3v) is 4.43. The van der Waals surface area contributed by atoms with E-state index in [0.717, 1.165) is 0 Å². The molecule has 0 aliphatic rings. The molecule has 1 amide bonds. The molecule has 6 nitrogen and oxygen atoms in total. The Morgan fingerprint density at radius 1 is 1.05 bits per heavy atom. The fourth-order valence-corrected chi connectivity index (χ4v) is 3.11. The molecule has 0 heterocycles. The van der Waals surface area contributed by atoms with Gasteiger partial charge >= 0.3 is 13.7 Å². The number of hydrogen-bond acceptors (Lipinski definition) is 5. The van der Waals surface area contributed by atoms with Crippen LogP contribution in [0.1, 0.15) is 20.8 Å². The standard InChI is InChI=1S/C13H20NO5P/c1-4-17-13(15)14-11-7-9-12(10-8-11)20(16,18-5-2)19-6-3/h7-10H,4-6H2,1-3H3,(H,14,15). The zero-order valence-corrected chi connectivity index (χ0v) is 12.8. The third kappa shape index (κ3) is 4.63. The molecule has 0 aliphatic carbocycles. The van der Waals surface area contributed by atoms with E-state index >= 15 is 0 Å². The predicted molar refractivity (Wildman–Crippen MR) is 77.6 cm³/mol. The maximum Gasteiger partial charge on any atom is 0.411 e. The molecule has 1 aromatic rings. The first-order valence-corrected chi connectivity index (χ1v) is 8.03. The highest BCUT2D eigenvalue weighted by molar-refractivity contribution is 7.62. The Labute approximate surface area is 119 Å². The van der Waals surface area contributed by atoms with E-state index in [1.54, 1.807) is 45.0 Å². The molecule has 0 aliphatic heterocycles. The van der Waals surface area contributed by atoms with E-state index in [1.807, 2.05) is 0 Å². The van der Waals surface area contributed by atoms with Crippen molar-refractivity contribution in [2.24, 2.45) is 0 Å². The van der Waals surface area contributed by atoms with Crippen molar-refractivity contribution in [3.05, 3.63) is 24.3 Å². The van der Waals surface area contributed by atoms with Gasteiger partial charge in [0.1, 0.15) is 0 Å². The summed E-state index contributed by atoms with van der Waals surface area (Å²) < 4.78 is 27.7. The molecule has 0 bridgehead atoms. The molecule has 0 aromatic heterocycles. The van der Waals surface area contributed by atoms with E-state index in [1.165, 1.54) is 0 Å². The van der Waals surface area contributed by atoms with Crippen molar-refractivity contribution in [3.8, 4) is 0 Å². The molecule has 0 atom stereocenters. The third-order valence-electron chi connectivity index (χ3n) is 2.30. The SMILES string of the molecule is CCOC(=O)Nc1ccc(P(=O)(OCC)OCC)cc1. The first-order chi connectivity index (χ1) is 9.55. The molecular formula is C13H20NO5P. The lowest BCUT2D eigenvalue weighted by Gasteiger charge is -2.17. The molecule has 1 aromatic carbocycles. The number of anilines is 1. The van der Waals surface area contributed by atoms with Crippen LogP contribution in [0.25, 0.3) is 0 Å². The Morgan fingerprint density at radius 2 is 1.60 bits per heavy atom. The molecule has 0 radical (unpaired) electrons. The Balaban J connectivity index is 2.83. The molecule has 0 saturated heterocycles. The molecule has 1 N–H and O–H groups in total. The summed E-state index contributed by atoms with van der Waals surface area (Å²) in [5.41, 5.74) is 0.548. The lowest BCUT2D eigenvalue weighted by Crippen LogP contribution is -2.15. The zero-order chi connectivity index (χ0) is 15.0. The van der Waals surface area contributed by atoms with Crippen LogP contribution in [-0.4, -0.2) is 25.9 Å². The Kier molecular flexibility index (Phi) is 6.71. The topological polar surface area (TPSA) is 73.9 Å². The van der Waals surface area contributed by atoms with Crippen molar-refractivity contribution < 1.29 is 23.1 Å². The zero-order valence-electron chi connectivity index (χ0n) is 11.9. The average molecular weight is 301 g/mol. The van der Waals surface area contributed by atoms with Gasteiger partial charge in [-0.15, -0.1) is 0 Å². The lowest BCUT2D eigenvalue weighted by molar-refractivity contribution is 0.168. The van der Waals surface area contributed by atoms with Crippen molar-refractivity contribution in [1.82, 2.24) is 0 Å². The fourth-order valence-electron chi connectivity index (χ4n) is 1.54. The number of ether oxygens (including phenoxy) is 1. The second-order valence-electron chi connectivity index (χ2n) is 3.73. The van der Waals surface area contributed by atoms with Gasteiger partial charge in [0.2, 0.25) is 0 Å². The second-order valence-corrected chi connectivity index (χ2v) is 5.75. The summed E-state index contributed by atoms with van der Waals surface area (Å²) in [7, 11) is -3.28. The van der Waals surface area contributed by atoms with Crippen molar-refractivity contribution in [2.45, 2.75) is 20.8 Å². The van der Waals surface area contributed by atoms with Crippen LogP contribution in [0.2, 0.25) is 0 Å². The predicted octanol–water partition coefficient (Wildman–Crippen LogP) is 3.15. The number of carbonyl (C=O) groups is 1. The van der Waals surface area contributed by atoms with Crippen LogP contribution in [0.4, 0.5) is 10.5 Å². The van der Waals surface area contributed by atoms with Gasteiger partial charge in [-0.2, -0.15) is 0 Å². The monoisotopic (exact) mass is 301 g/mol. The summed E-state index contributed by atoms with van der Waals surface area (Å²) in [4.78, 5) is 11.3. The quantitative estimate of drug-likeness (QED) is 0.783. The summed E-state index contributed by atoms with van der Waals surface area (Å²) in [6.45, 7) is 6.11. The highest BCUT2D eigenvalue weighted by atomic mass is 31.2. The van der Waals surface area contributed by atoms with Crippen LogP contribution in [0, 0.1) is 0 Å². The molecule has 0 unspecified atom stereocenters. The van der Waals surface area contributed by atoms with Gasteiger partial charge in [-0.05, 0) is 45.0 Å². The summed E-state index contributed by atoms with van der Waals surface area (Å²) in [6, 6.07) is 6.45. The summed E-state index contributed by atoms with van der Waals surface area (Å²) in [6.07, 6.45) is -0.530. The van der Waals surface area contributed by atoms with Gasteiger partial charge in [0.25, 0.3) is 0 Å². The number of rotatable bonds is 7. The van der Waals surface area contributed by atoms with E-state index in [0.29, 0.717) is 30.8 Å². The Hall–Kier alpha value is -1.36. The number of hydrogen-bond donors (Lipinski definition) is 1. The maximum atomic E-state index is 12.5. The van der Waals surface area contributed by atoms with Crippen molar-refractivity contribution in [1.29, 1.82) is 0 Å². The van der Waals surface area contributed by atoms with E-state index in [2.05, 4.69) is 5.32 Å². The highest BCUT2D eigenvalue weighted by Crippen LogP contribution is 2.46. The van der Waals surface area contributed by atoms with Crippen LogP contribution >= 0.6 is 7.60 Å². The largest absolute Gasteiger partial charge is 0.450 e. The molecule has 1 rings (SSSR count). The van der Waals surface area contributed by atoms with Gasteiger partial charge in [-0.25, -0.2) is 4.79 Å². The highest BCUT2D eigenvalue weighted by Gasteiger charge is 2.26. The molecule has 0 fully saturated rings. The van der Waals surface area contributed by atoms with Gasteiger partial charge in [-0.1, -0.05) is 0 Å². The molecule has 0 spiro atoms. The smallest absolute Gasteiger partial charge is 0.411 e. The lowest BCUT2D eigenvalue weighted by atomic mass is 10.3. The second kappa shape index (κ2) is 8.04. The van der Waals surface area contributed by atoms with E-state index < -0.39 is 13.7 Å². The molecule has 7 heteroatoms. The van der Waals surface area contributed by atoms with E-state index in [-0.39, 0.29) is 0 Å². The Morgan fingerprint density at radius 3 is 2.05 bits per heavy atom. The van der Waals surface area contributed by atoms with Crippen LogP contribution in [0.5, 0.6) is 0 Å². The van der Waals surface area contributed by atoms with Crippen molar-refractivity contribution in [2.75, 3.05) is 25.1 Å². The van der Waals surface area contributed by atoms with E-state index in [4.69, 9.17) is 13.8 Å².